The molecule has 186 valence electrons. The summed E-state index contributed by atoms with van der Waals surface area (Å²) in [6.45, 7) is 0. The minimum atomic E-state index is -0.920. The van der Waals surface area contributed by atoms with E-state index in [9.17, 15) is 19.1 Å². The van der Waals surface area contributed by atoms with Gasteiger partial charge in [0.2, 0.25) is 5.13 Å². The number of hydrogen-bond acceptors (Lipinski definition) is 7. The molecule has 1 N–H and O–H groups in total. The van der Waals surface area contributed by atoms with Gasteiger partial charge in [0.25, 0.3) is 5.78 Å². The molecule has 1 aliphatic rings. The number of Topliss-reactive ketones (excluding diaryl/α,β-unsaturated/α-hetero) is 1. The normalized spacial score (nSPS) is 16.9. The van der Waals surface area contributed by atoms with Crippen LogP contribution in [0.5, 0.6) is 0 Å². The maximum atomic E-state index is 13.3. The van der Waals surface area contributed by atoms with Gasteiger partial charge in [0.05, 0.1) is 11.6 Å². The molecule has 37 heavy (non-hydrogen) atoms. The van der Waals surface area contributed by atoms with Crippen molar-refractivity contribution >= 4 is 73.2 Å². The Balaban J connectivity index is 1.53. The number of anilines is 1. The number of hydrogen-bond donors (Lipinski definition) is 1. The van der Waals surface area contributed by atoms with E-state index in [4.69, 9.17) is 11.6 Å². The molecule has 4 aromatic rings. The van der Waals surface area contributed by atoms with E-state index >= 15 is 0 Å². The van der Waals surface area contributed by atoms with E-state index in [1.165, 1.54) is 28.8 Å². The molecule has 0 bridgehead atoms. The number of aliphatic hydroxyl groups is 1. The molecule has 0 spiro atoms. The van der Waals surface area contributed by atoms with Crippen LogP contribution in [0.25, 0.3) is 5.76 Å². The number of benzene rings is 3. The SMILES string of the molecule is O=C1C(=O)N(c2nnc(SCc3ccc(F)cc3)s2)C(c2cccc(Br)c2)/C1=C(/O)c1ccc(Cl)cc1. The summed E-state index contributed by atoms with van der Waals surface area (Å²) in [4.78, 5) is 27.8. The topological polar surface area (TPSA) is 83.4 Å². The predicted octanol–water partition coefficient (Wildman–Crippen LogP) is 7.01. The smallest absolute Gasteiger partial charge is 0.301 e. The maximum Gasteiger partial charge on any atom is 0.301 e. The van der Waals surface area contributed by atoms with Gasteiger partial charge in [-0.1, -0.05) is 74.9 Å². The molecule has 1 aliphatic heterocycles. The molecule has 3 aromatic carbocycles. The fourth-order valence-electron chi connectivity index (χ4n) is 3.87. The number of aromatic nitrogens is 2. The van der Waals surface area contributed by atoms with Crippen LogP contribution >= 0.6 is 50.6 Å². The second kappa shape index (κ2) is 10.7. The zero-order valence-corrected chi connectivity index (χ0v) is 22.7. The number of ketones is 1. The standard InChI is InChI=1S/C26H16BrClFN3O3S2/c27-17-3-1-2-16(12-17)21-20(22(33)15-6-8-18(28)9-7-15)23(34)24(35)32(21)25-30-31-26(37-25)36-13-14-4-10-19(29)11-5-14/h1-12,21,33H,13H2/b22-20-. The molecule has 1 amide bonds. The highest BCUT2D eigenvalue weighted by Gasteiger charge is 2.48. The molecule has 0 saturated carbocycles. The molecule has 11 heteroatoms. The van der Waals surface area contributed by atoms with Gasteiger partial charge in [-0.05, 0) is 59.7 Å². The fourth-order valence-corrected chi connectivity index (χ4v) is 6.24. The van der Waals surface area contributed by atoms with Gasteiger partial charge in [-0.15, -0.1) is 10.2 Å². The van der Waals surface area contributed by atoms with Crippen molar-refractivity contribution in [3.05, 3.63) is 110 Å². The van der Waals surface area contributed by atoms with Crippen LogP contribution in [0.1, 0.15) is 22.7 Å². The highest BCUT2D eigenvalue weighted by Crippen LogP contribution is 2.44. The van der Waals surface area contributed by atoms with Crippen LogP contribution in [0.4, 0.5) is 9.52 Å². The second-order valence-electron chi connectivity index (χ2n) is 8.00. The molecule has 1 fully saturated rings. The zero-order chi connectivity index (χ0) is 26.1. The molecule has 0 aliphatic carbocycles. The van der Waals surface area contributed by atoms with Crippen LogP contribution < -0.4 is 4.90 Å². The van der Waals surface area contributed by atoms with Gasteiger partial charge in [0.15, 0.2) is 4.34 Å². The Morgan fingerprint density at radius 3 is 2.51 bits per heavy atom. The van der Waals surface area contributed by atoms with Crippen molar-refractivity contribution in [2.24, 2.45) is 0 Å². The second-order valence-corrected chi connectivity index (χ2v) is 11.5. The fraction of sp³-hybridized carbons (Fsp3) is 0.0769. The number of carbonyl (C=O) groups is 2. The zero-order valence-electron chi connectivity index (χ0n) is 18.8. The summed E-state index contributed by atoms with van der Waals surface area (Å²) in [7, 11) is 0. The van der Waals surface area contributed by atoms with Gasteiger partial charge in [-0.25, -0.2) is 4.39 Å². The van der Waals surface area contributed by atoms with Crippen molar-refractivity contribution < 1.29 is 19.1 Å². The third-order valence-electron chi connectivity index (χ3n) is 5.60. The summed E-state index contributed by atoms with van der Waals surface area (Å²) in [6.07, 6.45) is 0. The van der Waals surface area contributed by atoms with Crippen molar-refractivity contribution in [1.29, 1.82) is 0 Å². The lowest BCUT2D eigenvalue weighted by Gasteiger charge is -2.22. The highest BCUT2D eigenvalue weighted by molar-refractivity contribution is 9.10. The highest BCUT2D eigenvalue weighted by atomic mass is 79.9. The molecular weight excluding hydrogens is 601 g/mol. The van der Waals surface area contributed by atoms with Crippen molar-refractivity contribution in [2.75, 3.05) is 4.90 Å². The van der Waals surface area contributed by atoms with Gasteiger partial charge in [0, 0.05) is 20.8 Å². The van der Waals surface area contributed by atoms with E-state index < -0.39 is 17.7 Å². The lowest BCUT2D eigenvalue weighted by atomic mass is 9.95. The number of carbonyl (C=O) groups excluding carboxylic acids is 2. The number of amides is 1. The van der Waals surface area contributed by atoms with E-state index in [1.54, 1.807) is 54.6 Å². The predicted molar refractivity (Wildman–Crippen MR) is 146 cm³/mol. The first-order chi connectivity index (χ1) is 17.8. The molecule has 1 aromatic heterocycles. The molecule has 0 radical (unpaired) electrons. The number of aliphatic hydroxyl groups excluding tert-OH is 1. The first kappa shape index (κ1) is 25.6. The Labute approximate surface area is 232 Å². The molecule has 1 unspecified atom stereocenters. The van der Waals surface area contributed by atoms with Crippen LogP contribution in [0, 0.1) is 5.82 Å². The Hall–Kier alpha value is -3.05. The molecule has 1 atom stereocenters. The largest absolute Gasteiger partial charge is 0.507 e. The summed E-state index contributed by atoms with van der Waals surface area (Å²) < 4.78 is 14.5. The van der Waals surface area contributed by atoms with Gasteiger partial charge in [-0.2, -0.15) is 0 Å². The lowest BCUT2D eigenvalue weighted by molar-refractivity contribution is -0.132. The molecule has 6 nitrogen and oxygen atoms in total. The third kappa shape index (κ3) is 5.33. The molecule has 5 rings (SSSR count). The molecule has 2 heterocycles. The van der Waals surface area contributed by atoms with E-state index in [0.29, 0.717) is 26.2 Å². The number of rotatable bonds is 6. The Morgan fingerprint density at radius 1 is 1.08 bits per heavy atom. The molecular formula is C26H16BrClFN3O3S2. The van der Waals surface area contributed by atoms with E-state index in [2.05, 4.69) is 26.1 Å². The van der Waals surface area contributed by atoms with Gasteiger partial charge < -0.3 is 5.11 Å². The summed E-state index contributed by atoms with van der Waals surface area (Å²) in [5.74, 6) is -1.73. The van der Waals surface area contributed by atoms with Gasteiger partial charge in [-0.3, -0.25) is 14.5 Å². The molecule has 1 saturated heterocycles. The first-order valence-corrected chi connectivity index (χ1v) is 13.8. The first-order valence-electron chi connectivity index (χ1n) is 10.8. The number of halogens is 3. The Kier molecular flexibility index (Phi) is 7.43. The number of thioether (sulfide) groups is 1. The average molecular weight is 617 g/mol. The van der Waals surface area contributed by atoms with E-state index in [-0.39, 0.29) is 22.3 Å². The van der Waals surface area contributed by atoms with E-state index in [0.717, 1.165) is 21.4 Å². The maximum absolute atomic E-state index is 13.3. The third-order valence-corrected chi connectivity index (χ3v) is 8.48. The minimum Gasteiger partial charge on any atom is -0.507 e. The Bertz CT molecular complexity index is 1530. The van der Waals surface area contributed by atoms with Crippen LogP contribution in [0.3, 0.4) is 0 Å². The van der Waals surface area contributed by atoms with E-state index in [1.807, 2.05) is 6.07 Å². The lowest BCUT2D eigenvalue weighted by Crippen LogP contribution is -2.29. The monoisotopic (exact) mass is 615 g/mol. The van der Waals surface area contributed by atoms with Gasteiger partial charge >= 0.3 is 5.91 Å². The van der Waals surface area contributed by atoms with Crippen LogP contribution in [0.15, 0.2) is 87.2 Å². The summed E-state index contributed by atoms with van der Waals surface area (Å²) in [5.41, 5.74) is 1.82. The summed E-state index contributed by atoms with van der Waals surface area (Å²) in [5, 5.41) is 20.2. The average Bonchev–Trinajstić information content (AvgIpc) is 3.46. The van der Waals surface area contributed by atoms with Gasteiger partial charge in [0.1, 0.15) is 11.6 Å². The van der Waals surface area contributed by atoms with Crippen molar-refractivity contribution in [2.45, 2.75) is 16.1 Å². The van der Waals surface area contributed by atoms with Crippen molar-refractivity contribution in [3.8, 4) is 0 Å². The summed E-state index contributed by atoms with van der Waals surface area (Å²) in [6, 6.07) is 18.7. The van der Waals surface area contributed by atoms with Crippen LogP contribution in [-0.4, -0.2) is 27.0 Å². The van der Waals surface area contributed by atoms with Crippen LogP contribution in [-0.2, 0) is 15.3 Å². The Morgan fingerprint density at radius 2 is 1.81 bits per heavy atom. The summed E-state index contributed by atoms with van der Waals surface area (Å²) >= 11 is 12.0. The van der Waals surface area contributed by atoms with Crippen LogP contribution in [0.2, 0.25) is 5.02 Å². The quantitative estimate of drug-likeness (QED) is 0.0825. The minimum absolute atomic E-state index is 0.0545. The number of nitrogens with zero attached hydrogens (tertiary/aromatic N) is 3. The van der Waals surface area contributed by atoms with Crippen molar-refractivity contribution in [3.63, 3.8) is 0 Å². The van der Waals surface area contributed by atoms with Crippen molar-refractivity contribution in [1.82, 2.24) is 10.2 Å².